The zero-order chi connectivity index (χ0) is 19.8. The molecule has 8 heteroatoms. The third-order valence-corrected chi connectivity index (χ3v) is 4.22. The third-order valence-electron chi connectivity index (χ3n) is 3.95. The summed E-state index contributed by atoms with van der Waals surface area (Å²) in [4.78, 5) is 26.5. The first-order valence-electron chi connectivity index (χ1n) is 8.79. The third kappa shape index (κ3) is 5.65. The summed E-state index contributed by atoms with van der Waals surface area (Å²) in [6, 6.07) is 6.34. The number of hydrogen-bond donors (Lipinski definition) is 0. The van der Waals surface area contributed by atoms with Gasteiger partial charge in [0, 0.05) is 31.2 Å². The van der Waals surface area contributed by atoms with Gasteiger partial charge in [-0.2, -0.15) is 0 Å². The van der Waals surface area contributed by atoms with E-state index in [1.165, 1.54) is 18.2 Å². The summed E-state index contributed by atoms with van der Waals surface area (Å²) < 4.78 is 6.83. The second-order valence-corrected chi connectivity index (χ2v) is 6.26. The molecule has 7 nitrogen and oxygen atoms in total. The summed E-state index contributed by atoms with van der Waals surface area (Å²) >= 11 is 6.30. The van der Waals surface area contributed by atoms with Crippen molar-refractivity contribution in [3.05, 3.63) is 62.7 Å². The number of esters is 1. The second-order valence-electron chi connectivity index (χ2n) is 5.90. The quantitative estimate of drug-likeness (QED) is 0.273. The van der Waals surface area contributed by atoms with Crippen LogP contribution in [0.15, 0.2) is 30.3 Å². The number of imidazole rings is 1. The fraction of sp³-hybridized carbons (Fsp3) is 0.368. The molecule has 2 rings (SSSR count). The van der Waals surface area contributed by atoms with Crippen LogP contribution < -0.4 is 0 Å². The summed E-state index contributed by atoms with van der Waals surface area (Å²) in [5, 5.41) is 11.1. The fourth-order valence-electron chi connectivity index (χ4n) is 2.59. The van der Waals surface area contributed by atoms with Gasteiger partial charge in [-0.1, -0.05) is 37.1 Å². The van der Waals surface area contributed by atoms with Crippen LogP contribution in [0.1, 0.15) is 43.8 Å². The van der Waals surface area contributed by atoms with Gasteiger partial charge in [-0.05, 0) is 25.0 Å². The number of unbranched alkanes of at least 4 members (excludes halogenated alkanes) is 1. The molecule has 2 aromatic rings. The van der Waals surface area contributed by atoms with Gasteiger partial charge in [0.25, 0.3) is 5.69 Å². The molecule has 27 heavy (non-hydrogen) atoms. The van der Waals surface area contributed by atoms with Crippen LogP contribution in [0.4, 0.5) is 5.69 Å². The Labute approximate surface area is 162 Å². The number of nitro groups is 1. The van der Waals surface area contributed by atoms with Crippen LogP contribution >= 0.6 is 11.6 Å². The Hall–Kier alpha value is -2.67. The summed E-state index contributed by atoms with van der Waals surface area (Å²) in [5.41, 5.74) is 1.52. The Morgan fingerprint density at radius 3 is 2.63 bits per heavy atom. The monoisotopic (exact) mass is 391 g/mol. The minimum absolute atomic E-state index is 0.0380. The predicted octanol–water partition coefficient (Wildman–Crippen LogP) is 4.41. The molecule has 0 radical (unpaired) electrons. The molecule has 0 spiro atoms. The highest BCUT2D eigenvalue weighted by molar-refractivity contribution is 6.30. The predicted molar refractivity (Wildman–Crippen MR) is 104 cm³/mol. The lowest BCUT2D eigenvalue weighted by atomic mass is 10.2. The maximum Gasteiger partial charge on any atom is 0.330 e. The van der Waals surface area contributed by atoms with Crippen LogP contribution in [0.3, 0.4) is 0 Å². The number of aryl methyl sites for hydroxylation is 1. The molecule has 0 aliphatic carbocycles. The maximum absolute atomic E-state index is 11.6. The number of hydrogen-bond acceptors (Lipinski definition) is 5. The lowest BCUT2D eigenvalue weighted by molar-refractivity contribution is -0.384. The van der Waals surface area contributed by atoms with E-state index in [-0.39, 0.29) is 5.69 Å². The van der Waals surface area contributed by atoms with Crippen molar-refractivity contribution >= 4 is 29.3 Å². The Bertz CT molecular complexity index is 828. The molecule has 1 aromatic carbocycles. The van der Waals surface area contributed by atoms with Gasteiger partial charge < -0.3 is 9.30 Å². The number of rotatable bonds is 9. The van der Waals surface area contributed by atoms with Gasteiger partial charge >= 0.3 is 5.97 Å². The second kappa shape index (κ2) is 9.87. The van der Waals surface area contributed by atoms with Crippen LogP contribution in [-0.4, -0.2) is 27.1 Å². The highest BCUT2D eigenvalue weighted by atomic mass is 35.5. The van der Waals surface area contributed by atoms with Gasteiger partial charge in [-0.15, -0.1) is 0 Å². The highest BCUT2D eigenvalue weighted by Gasteiger charge is 2.15. The molecule has 0 saturated heterocycles. The van der Waals surface area contributed by atoms with E-state index in [0.717, 1.165) is 30.7 Å². The number of nitrogens with zero attached hydrogens (tertiary/aromatic N) is 3. The van der Waals surface area contributed by atoms with Gasteiger partial charge in [0.15, 0.2) is 5.15 Å². The van der Waals surface area contributed by atoms with Crippen molar-refractivity contribution < 1.29 is 14.5 Å². The number of halogens is 1. The molecular formula is C19H22ClN3O4. The van der Waals surface area contributed by atoms with Crippen LogP contribution in [0.25, 0.3) is 6.08 Å². The molecule has 0 saturated carbocycles. The van der Waals surface area contributed by atoms with Crippen molar-refractivity contribution in [2.24, 2.45) is 0 Å². The van der Waals surface area contributed by atoms with Crippen molar-refractivity contribution in [2.75, 3.05) is 6.61 Å². The Kier molecular flexibility index (Phi) is 7.55. The standard InChI is InChI=1S/C19H22ClN3O4/c1-3-5-6-17-21-19(20)16(11-12-18(24)27-4-2)22(17)13-14-7-9-15(10-8-14)23(25)26/h7-12H,3-6,13H2,1-2H3/b12-11+. The van der Waals surface area contributed by atoms with Gasteiger partial charge in [-0.3, -0.25) is 10.1 Å². The van der Waals surface area contributed by atoms with E-state index in [1.807, 2.05) is 4.57 Å². The number of aromatic nitrogens is 2. The molecule has 0 amide bonds. The first kappa shape index (κ1) is 20.6. The van der Waals surface area contributed by atoms with E-state index in [1.54, 1.807) is 25.1 Å². The molecule has 1 heterocycles. The van der Waals surface area contributed by atoms with Crippen molar-refractivity contribution in [1.82, 2.24) is 9.55 Å². The average molecular weight is 392 g/mol. The molecule has 0 N–H and O–H groups in total. The molecule has 1 aromatic heterocycles. The molecule has 0 atom stereocenters. The molecule has 0 bridgehead atoms. The fourth-order valence-corrected chi connectivity index (χ4v) is 2.85. The molecule has 0 aliphatic rings. The van der Waals surface area contributed by atoms with Crippen molar-refractivity contribution in [2.45, 2.75) is 39.7 Å². The van der Waals surface area contributed by atoms with Gasteiger partial charge in [0.1, 0.15) is 5.82 Å². The van der Waals surface area contributed by atoms with Crippen molar-refractivity contribution in [3.8, 4) is 0 Å². The van der Waals surface area contributed by atoms with E-state index in [0.29, 0.717) is 24.0 Å². The number of non-ortho nitro benzene ring substituents is 1. The number of carbonyl (C=O) groups excluding carboxylic acids is 1. The number of nitro benzene ring substituents is 1. The van der Waals surface area contributed by atoms with Gasteiger partial charge in [0.05, 0.1) is 17.2 Å². The van der Waals surface area contributed by atoms with E-state index in [2.05, 4.69) is 11.9 Å². The lowest BCUT2D eigenvalue weighted by Crippen LogP contribution is -2.08. The van der Waals surface area contributed by atoms with E-state index in [4.69, 9.17) is 16.3 Å². The smallest absolute Gasteiger partial charge is 0.330 e. The van der Waals surface area contributed by atoms with Crippen molar-refractivity contribution in [1.29, 1.82) is 0 Å². The Balaban J connectivity index is 2.34. The maximum atomic E-state index is 11.6. The van der Waals surface area contributed by atoms with E-state index in [9.17, 15) is 14.9 Å². The van der Waals surface area contributed by atoms with Crippen LogP contribution in [0, 0.1) is 10.1 Å². The minimum Gasteiger partial charge on any atom is -0.463 e. The first-order chi connectivity index (χ1) is 13.0. The minimum atomic E-state index is -0.452. The normalized spacial score (nSPS) is 11.1. The van der Waals surface area contributed by atoms with Crippen LogP contribution in [0.5, 0.6) is 0 Å². The van der Waals surface area contributed by atoms with Crippen LogP contribution in [0.2, 0.25) is 5.15 Å². The summed E-state index contributed by atoms with van der Waals surface area (Å²) in [6.45, 7) is 4.56. The number of benzene rings is 1. The first-order valence-corrected chi connectivity index (χ1v) is 9.17. The summed E-state index contributed by atoms with van der Waals surface area (Å²) in [5.74, 6) is 0.357. The molecule has 0 aliphatic heterocycles. The topological polar surface area (TPSA) is 87.3 Å². The average Bonchev–Trinajstić information content (AvgIpc) is 2.93. The van der Waals surface area contributed by atoms with E-state index >= 15 is 0 Å². The number of ether oxygens (including phenoxy) is 1. The summed E-state index contributed by atoms with van der Waals surface area (Å²) in [7, 11) is 0. The molecule has 0 unspecified atom stereocenters. The largest absolute Gasteiger partial charge is 0.463 e. The molecule has 0 fully saturated rings. The molecule has 144 valence electrons. The Morgan fingerprint density at radius 2 is 2.04 bits per heavy atom. The van der Waals surface area contributed by atoms with Crippen LogP contribution in [-0.2, 0) is 22.5 Å². The zero-order valence-corrected chi connectivity index (χ0v) is 16.1. The van der Waals surface area contributed by atoms with E-state index < -0.39 is 10.9 Å². The Morgan fingerprint density at radius 1 is 1.33 bits per heavy atom. The van der Waals surface area contributed by atoms with Crippen molar-refractivity contribution in [3.63, 3.8) is 0 Å². The van der Waals surface area contributed by atoms with Gasteiger partial charge in [0.2, 0.25) is 0 Å². The zero-order valence-electron chi connectivity index (χ0n) is 15.4. The number of carbonyl (C=O) groups is 1. The van der Waals surface area contributed by atoms with Gasteiger partial charge in [-0.25, -0.2) is 9.78 Å². The molecular weight excluding hydrogens is 370 g/mol. The lowest BCUT2D eigenvalue weighted by Gasteiger charge is -2.10. The summed E-state index contributed by atoms with van der Waals surface area (Å²) in [6.07, 6.45) is 5.62. The SMILES string of the molecule is CCCCc1nc(Cl)c(/C=C/C(=O)OCC)n1Cc1ccc([N+](=O)[O-])cc1. The highest BCUT2D eigenvalue weighted by Crippen LogP contribution is 2.23.